The number of hydrogen-bond donors (Lipinski definition) is 0. The normalized spacial score (nSPS) is 21.2. The summed E-state index contributed by atoms with van der Waals surface area (Å²) >= 11 is 6.00. The zero-order valence-electron chi connectivity index (χ0n) is 16.5. The Balaban J connectivity index is 2.28. The molecule has 0 saturated carbocycles. The zero-order chi connectivity index (χ0) is 20.2. The van der Waals surface area contributed by atoms with Crippen molar-refractivity contribution in [2.45, 2.75) is 58.7 Å². The fraction of sp³-hybridized carbons (Fsp3) is 0.579. The summed E-state index contributed by atoms with van der Waals surface area (Å²) in [5.41, 5.74) is -0.0214. The van der Waals surface area contributed by atoms with Gasteiger partial charge in [-0.15, -0.1) is 0 Å². The van der Waals surface area contributed by atoms with Crippen molar-refractivity contribution >= 4 is 29.9 Å². The number of carbonyl (C=O) groups is 2. The van der Waals surface area contributed by atoms with Crippen LogP contribution in [0.5, 0.6) is 0 Å². The SMILES string of the molecule is CC[C@@H]1CN(C(=NC=O)c2cccc(Cl)n2)[C@@H](C)CN1C(=O)OC(C)(C)C. The van der Waals surface area contributed by atoms with Crippen LogP contribution in [-0.4, -0.2) is 63.9 Å². The van der Waals surface area contributed by atoms with Gasteiger partial charge in [-0.3, -0.25) is 4.79 Å². The number of amides is 2. The number of amidine groups is 1. The lowest BCUT2D eigenvalue weighted by atomic mass is 10.0. The third-order valence-electron chi connectivity index (χ3n) is 4.33. The maximum absolute atomic E-state index is 12.6. The van der Waals surface area contributed by atoms with Crippen LogP contribution >= 0.6 is 11.6 Å². The lowest BCUT2D eigenvalue weighted by Crippen LogP contribution is -2.61. The first-order chi connectivity index (χ1) is 12.7. The number of nitrogens with zero attached hydrogens (tertiary/aromatic N) is 4. The van der Waals surface area contributed by atoms with E-state index in [9.17, 15) is 9.59 Å². The number of pyridine rings is 1. The monoisotopic (exact) mass is 394 g/mol. The van der Waals surface area contributed by atoms with Crippen molar-refractivity contribution in [3.63, 3.8) is 0 Å². The number of hydrogen-bond acceptors (Lipinski definition) is 4. The molecule has 0 radical (unpaired) electrons. The van der Waals surface area contributed by atoms with Crippen molar-refractivity contribution in [3.8, 4) is 0 Å². The van der Waals surface area contributed by atoms with Crippen LogP contribution in [-0.2, 0) is 9.53 Å². The molecule has 0 aromatic carbocycles. The molecule has 2 atom stereocenters. The van der Waals surface area contributed by atoms with Crippen molar-refractivity contribution in [2.24, 2.45) is 4.99 Å². The summed E-state index contributed by atoms with van der Waals surface area (Å²) in [6.45, 7) is 10.5. The van der Waals surface area contributed by atoms with Crippen molar-refractivity contribution in [1.29, 1.82) is 0 Å². The predicted molar refractivity (Wildman–Crippen MR) is 105 cm³/mol. The van der Waals surface area contributed by atoms with Gasteiger partial charge in [0.05, 0.1) is 6.04 Å². The van der Waals surface area contributed by atoms with Crippen LogP contribution in [0, 0.1) is 0 Å². The molecule has 0 aliphatic carbocycles. The van der Waals surface area contributed by atoms with Crippen LogP contribution in [0.3, 0.4) is 0 Å². The summed E-state index contributed by atoms with van der Waals surface area (Å²) in [6, 6.07) is 5.07. The Kier molecular flexibility index (Phi) is 6.81. The van der Waals surface area contributed by atoms with Gasteiger partial charge in [0, 0.05) is 19.1 Å². The molecule has 1 saturated heterocycles. The van der Waals surface area contributed by atoms with E-state index in [0.717, 1.165) is 6.42 Å². The van der Waals surface area contributed by atoms with Crippen LogP contribution in [0.2, 0.25) is 5.15 Å². The summed E-state index contributed by atoms with van der Waals surface area (Å²) in [7, 11) is 0. The highest BCUT2D eigenvalue weighted by atomic mass is 35.5. The first kappa shape index (κ1) is 21.2. The fourth-order valence-electron chi connectivity index (χ4n) is 3.10. The van der Waals surface area contributed by atoms with Crippen molar-refractivity contribution in [3.05, 3.63) is 29.0 Å². The van der Waals surface area contributed by atoms with E-state index >= 15 is 0 Å². The maximum atomic E-state index is 12.6. The third-order valence-corrected chi connectivity index (χ3v) is 4.54. The molecule has 2 rings (SSSR count). The van der Waals surface area contributed by atoms with Crippen molar-refractivity contribution in [2.75, 3.05) is 13.1 Å². The van der Waals surface area contributed by atoms with Gasteiger partial charge >= 0.3 is 6.09 Å². The highest BCUT2D eigenvalue weighted by Crippen LogP contribution is 2.23. The van der Waals surface area contributed by atoms with Gasteiger partial charge in [-0.1, -0.05) is 24.6 Å². The molecule has 1 aliphatic rings. The number of carbonyl (C=O) groups excluding carboxylic acids is 2. The number of aliphatic imine (C=N–C) groups is 1. The van der Waals surface area contributed by atoms with E-state index in [2.05, 4.69) is 9.98 Å². The first-order valence-corrected chi connectivity index (χ1v) is 9.44. The van der Waals surface area contributed by atoms with E-state index in [1.54, 1.807) is 23.1 Å². The number of piperazine rings is 1. The Hall–Kier alpha value is -2.15. The molecule has 148 valence electrons. The zero-order valence-corrected chi connectivity index (χ0v) is 17.2. The standard InChI is InChI=1S/C19H27ClN4O3/c1-6-14-11-23(13(2)10-24(14)18(26)27-19(3,4)5)17(21-12-25)15-8-7-9-16(20)22-15/h7-9,12-14H,6,10-11H2,1-5H3/t13-,14+/m0/s1. The molecular formula is C19H27ClN4O3. The van der Waals surface area contributed by atoms with E-state index in [1.165, 1.54) is 0 Å². The minimum absolute atomic E-state index is 0.0629. The quantitative estimate of drug-likeness (QED) is 0.340. The van der Waals surface area contributed by atoms with E-state index in [4.69, 9.17) is 16.3 Å². The van der Waals surface area contributed by atoms with Crippen LogP contribution in [0.15, 0.2) is 23.2 Å². The molecule has 1 fully saturated rings. The summed E-state index contributed by atoms with van der Waals surface area (Å²) in [5, 5.41) is 0.332. The highest BCUT2D eigenvalue weighted by Gasteiger charge is 2.37. The van der Waals surface area contributed by atoms with Crippen LogP contribution in [0.1, 0.15) is 46.7 Å². The van der Waals surface area contributed by atoms with Gasteiger partial charge in [0.2, 0.25) is 6.41 Å². The second kappa shape index (κ2) is 8.69. The minimum atomic E-state index is -0.551. The predicted octanol–water partition coefficient (Wildman–Crippen LogP) is 3.36. The van der Waals surface area contributed by atoms with Gasteiger partial charge < -0.3 is 14.5 Å². The van der Waals surface area contributed by atoms with Crippen LogP contribution in [0.4, 0.5) is 4.79 Å². The van der Waals surface area contributed by atoms with Gasteiger partial charge in [-0.25, -0.2) is 9.78 Å². The topological polar surface area (TPSA) is 75.1 Å². The number of ether oxygens (including phenoxy) is 1. The maximum Gasteiger partial charge on any atom is 0.410 e. The molecule has 1 aliphatic heterocycles. The fourth-order valence-corrected chi connectivity index (χ4v) is 3.26. The second-order valence-corrected chi connectivity index (χ2v) is 7.99. The lowest BCUT2D eigenvalue weighted by molar-refractivity contribution is -0.106. The average Bonchev–Trinajstić information content (AvgIpc) is 2.58. The van der Waals surface area contributed by atoms with Crippen LogP contribution in [0.25, 0.3) is 0 Å². The molecule has 0 N–H and O–H groups in total. The summed E-state index contributed by atoms with van der Waals surface area (Å²) in [5.74, 6) is 0.460. The molecule has 8 heteroatoms. The van der Waals surface area contributed by atoms with Crippen molar-refractivity contribution in [1.82, 2.24) is 14.8 Å². The Morgan fingerprint density at radius 1 is 1.37 bits per heavy atom. The van der Waals surface area contributed by atoms with Crippen LogP contribution < -0.4 is 0 Å². The molecule has 0 spiro atoms. The van der Waals surface area contributed by atoms with Gasteiger partial charge in [-0.2, -0.15) is 4.99 Å². The molecule has 27 heavy (non-hydrogen) atoms. The second-order valence-electron chi connectivity index (χ2n) is 7.60. The minimum Gasteiger partial charge on any atom is -0.444 e. The Labute approximate surface area is 165 Å². The van der Waals surface area contributed by atoms with Gasteiger partial charge in [0.15, 0.2) is 5.84 Å². The van der Waals surface area contributed by atoms with E-state index in [-0.39, 0.29) is 18.2 Å². The molecule has 7 nitrogen and oxygen atoms in total. The summed E-state index contributed by atoms with van der Waals surface area (Å²) in [6.07, 6.45) is 0.932. The molecule has 0 bridgehead atoms. The van der Waals surface area contributed by atoms with Gasteiger partial charge in [-0.05, 0) is 46.2 Å². The summed E-state index contributed by atoms with van der Waals surface area (Å²) in [4.78, 5) is 35.8. The molecule has 0 unspecified atom stereocenters. The largest absolute Gasteiger partial charge is 0.444 e. The molecular weight excluding hydrogens is 368 g/mol. The Morgan fingerprint density at radius 2 is 2.07 bits per heavy atom. The summed E-state index contributed by atoms with van der Waals surface area (Å²) < 4.78 is 5.55. The van der Waals surface area contributed by atoms with Gasteiger partial charge in [0.25, 0.3) is 0 Å². The van der Waals surface area contributed by atoms with E-state index in [1.807, 2.05) is 39.5 Å². The molecule has 1 aromatic rings. The highest BCUT2D eigenvalue weighted by molar-refractivity contribution is 6.29. The number of halogens is 1. The molecule has 2 amide bonds. The van der Waals surface area contributed by atoms with E-state index < -0.39 is 5.60 Å². The number of aromatic nitrogens is 1. The molecule has 1 aromatic heterocycles. The Bertz CT molecular complexity index is 717. The number of rotatable bonds is 3. The van der Waals surface area contributed by atoms with Crippen molar-refractivity contribution < 1.29 is 14.3 Å². The smallest absolute Gasteiger partial charge is 0.410 e. The van der Waals surface area contributed by atoms with E-state index in [0.29, 0.717) is 36.2 Å². The third kappa shape index (κ3) is 5.42. The average molecular weight is 395 g/mol. The van der Waals surface area contributed by atoms with Gasteiger partial charge in [0.1, 0.15) is 16.4 Å². The molecule has 2 heterocycles. The Morgan fingerprint density at radius 3 is 2.63 bits per heavy atom. The lowest BCUT2D eigenvalue weighted by Gasteiger charge is -2.46. The first-order valence-electron chi connectivity index (χ1n) is 9.07.